The highest BCUT2D eigenvalue weighted by atomic mass is 127. The molecule has 3 heterocycles. The Morgan fingerprint density at radius 2 is 2.19 bits per heavy atom. The number of aliphatic imine (C=N–C) groups is 1. The van der Waals surface area contributed by atoms with Gasteiger partial charge in [-0.25, -0.2) is 9.98 Å². The third kappa shape index (κ3) is 4.19. The van der Waals surface area contributed by atoms with Crippen LogP contribution in [0.3, 0.4) is 0 Å². The van der Waals surface area contributed by atoms with E-state index in [0.29, 0.717) is 12.5 Å². The number of likely N-dealkylation sites (tertiary alicyclic amines) is 1. The van der Waals surface area contributed by atoms with Crippen LogP contribution in [0.2, 0.25) is 0 Å². The Hall–Kier alpha value is -1.09. The normalized spacial score (nSPS) is 15.8. The van der Waals surface area contributed by atoms with Crippen LogP contribution in [0.15, 0.2) is 33.2 Å². The molecule has 21 heavy (non-hydrogen) atoms. The van der Waals surface area contributed by atoms with E-state index in [9.17, 15) is 0 Å². The van der Waals surface area contributed by atoms with E-state index in [1.54, 1.807) is 17.6 Å². The lowest BCUT2D eigenvalue weighted by Crippen LogP contribution is -2.40. The molecule has 0 unspecified atom stereocenters. The first-order valence-electron chi connectivity index (χ1n) is 6.86. The fraction of sp³-hybridized carbons (Fsp3) is 0.429. The molecule has 2 aromatic rings. The number of rotatable bonds is 3. The zero-order chi connectivity index (χ0) is 13.8. The van der Waals surface area contributed by atoms with Gasteiger partial charge < -0.3 is 15.1 Å². The van der Waals surface area contributed by atoms with Gasteiger partial charge in [-0.3, -0.25) is 0 Å². The zero-order valence-corrected chi connectivity index (χ0v) is 14.8. The summed E-state index contributed by atoms with van der Waals surface area (Å²) in [5, 5.41) is 2.89. The van der Waals surface area contributed by atoms with Crippen molar-refractivity contribution in [1.82, 2.24) is 9.88 Å². The molecule has 0 saturated carbocycles. The van der Waals surface area contributed by atoms with E-state index in [4.69, 9.17) is 10.2 Å². The van der Waals surface area contributed by atoms with E-state index in [1.165, 1.54) is 19.3 Å². The molecule has 0 bridgehead atoms. The van der Waals surface area contributed by atoms with Crippen molar-refractivity contribution >= 4 is 41.3 Å². The van der Waals surface area contributed by atoms with Crippen molar-refractivity contribution < 1.29 is 4.42 Å². The average Bonchev–Trinajstić information content (AvgIpc) is 3.16. The Bertz CT molecular complexity index is 576. The maximum atomic E-state index is 6.03. The summed E-state index contributed by atoms with van der Waals surface area (Å²) >= 11 is 1.57. The summed E-state index contributed by atoms with van der Waals surface area (Å²) in [7, 11) is 0. The molecule has 0 amide bonds. The van der Waals surface area contributed by atoms with E-state index < -0.39 is 0 Å². The van der Waals surface area contributed by atoms with Gasteiger partial charge in [0.15, 0.2) is 16.7 Å². The van der Waals surface area contributed by atoms with Gasteiger partial charge in [0.05, 0.1) is 18.5 Å². The average molecular weight is 418 g/mol. The molecule has 0 atom stereocenters. The maximum Gasteiger partial charge on any atom is 0.191 e. The number of aromatic nitrogens is 1. The fourth-order valence-electron chi connectivity index (χ4n) is 2.28. The summed E-state index contributed by atoms with van der Waals surface area (Å²) in [4.78, 5) is 11.1. The predicted octanol–water partition coefficient (Wildman–Crippen LogP) is 3.32. The number of halogens is 1. The first-order valence-corrected chi connectivity index (χ1v) is 7.74. The van der Waals surface area contributed by atoms with Gasteiger partial charge in [-0.2, -0.15) is 0 Å². The first kappa shape index (κ1) is 16.3. The molecule has 0 radical (unpaired) electrons. The maximum absolute atomic E-state index is 6.03. The number of furan rings is 1. The quantitative estimate of drug-likeness (QED) is 0.472. The van der Waals surface area contributed by atoms with Gasteiger partial charge in [0, 0.05) is 18.5 Å². The number of nitrogens with zero attached hydrogens (tertiary/aromatic N) is 3. The minimum absolute atomic E-state index is 0. The third-order valence-corrected chi connectivity index (χ3v) is 4.27. The lowest BCUT2D eigenvalue weighted by atomic mass is 10.1. The summed E-state index contributed by atoms with van der Waals surface area (Å²) < 4.78 is 5.33. The number of guanidine groups is 1. The fourth-order valence-corrected chi connectivity index (χ4v) is 3.06. The van der Waals surface area contributed by atoms with E-state index >= 15 is 0 Å². The molecular formula is C14H19IN4OS. The van der Waals surface area contributed by atoms with Crippen molar-refractivity contribution in [2.45, 2.75) is 25.8 Å². The standard InChI is InChI=1S/C14H18N4OS.HI/c15-14(18-6-2-1-3-7-18)16-9-11-10-20-13(17-11)12-5-4-8-19-12;/h4-5,8,10H,1-3,6-7,9H2,(H2,15,16);1H. The molecule has 7 heteroatoms. The van der Waals surface area contributed by atoms with Gasteiger partial charge in [0.2, 0.25) is 0 Å². The molecule has 114 valence electrons. The van der Waals surface area contributed by atoms with E-state index in [1.807, 2.05) is 17.5 Å². The zero-order valence-electron chi connectivity index (χ0n) is 11.7. The van der Waals surface area contributed by atoms with E-state index in [2.05, 4.69) is 14.9 Å². The molecule has 0 spiro atoms. The van der Waals surface area contributed by atoms with Crippen LogP contribution in [-0.4, -0.2) is 28.9 Å². The highest BCUT2D eigenvalue weighted by Crippen LogP contribution is 2.24. The highest BCUT2D eigenvalue weighted by molar-refractivity contribution is 14.0. The second kappa shape index (κ2) is 7.79. The molecule has 1 aliphatic rings. The smallest absolute Gasteiger partial charge is 0.191 e. The summed E-state index contributed by atoms with van der Waals surface area (Å²) in [5.41, 5.74) is 6.96. The van der Waals surface area contributed by atoms with E-state index in [-0.39, 0.29) is 24.0 Å². The lowest BCUT2D eigenvalue weighted by molar-refractivity contribution is 0.338. The SMILES string of the molecule is I.NC(=NCc1csc(-c2ccco2)n1)N1CCCCC1. The number of thiazole rings is 1. The molecule has 0 aliphatic carbocycles. The van der Waals surface area contributed by atoms with Crippen molar-refractivity contribution in [3.63, 3.8) is 0 Å². The molecule has 3 rings (SSSR count). The van der Waals surface area contributed by atoms with Crippen LogP contribution in [-0.2, 0) is 6.54 Å². The molecule has 5 nitrogen and oxygen atoms in total. The van der Waals surface area contributed by atoms with Crippen molar-refractivity contribution in [3.8, 4) is 10.8 Å². The molecule has 1 saturated heterocycles. The number of piperidine rings is 1. The van der Waals surface area contributed by atoms with Gasteiger partial charge in [-0.15, -0.1) is 35.3 Å². The Morgan fingerprint density at radius 3 is 2.90 bits per heavy atom. The topological polar surface area (TPSA) is 67.6 Å². The Balaban J connectivity index is 0.00000161. The van der Waals surface area contributed by atoms with Crippen LogP contribution in [0.5, 0.6) is 0 Å². The summed E-state index contributed by atoms with van der Waals surface area (Å²) in [6.07, 6.45) is 5.36. The summed E-state index contributed by atoms with van der Waals surface area (Å²) in [6, 6.07) is 3.77. The molecule has 0 aromatic carbocycles. The largest absolute Gasteiger partial charge is 0.462 e. The third-order valence-electron chi connectivity index (χ3n) is 3.37. The summed E-state index contributed by atoms with van der Waals surface area (Å²) in [5.74, 6) is 1.44. The van der Waals surface area contributed by atoms with Gasteiger partial charge in [-0.1, -0.05) is 0 Å². The van der Waals surface area contributed by atoms with Gasteiger partial charge in [-0.05, 0) is 31.4 Å². The van der Waals surface area contributed by atoms with Gasteiger partial charge in [0.1, 0.15) is 0 Å². The molecule has 2 N–H and O–H groups in total. The Kier molecular flexibility index (Phi) is 6.04. The molecule has 1 aliphatic heterocycles. The van der Waals surface area contributed by atoms with Crippen LogP contribution >= 0.6 is 35.3 Å². The van der Waals surface area contributed by atoms with Crippen LogP contribution in [0.25, 0.3) is 10.8 Å². The van der Waals surface area contributed by atoms with Crippen molar-refractivity contribution in [3.05, 3.63) is 29.5 Å². The summed E-state index contributed by atoms with van der Waals surface area (Å²) in [6.45, 7) is 2.56. The van der Waals surface area contributed by atoms with Gasteiger partial charge in [0.25, 0.3) is 0 Å². The molecule has 2 aromatic heterocycles. The molecule has 1 fully saturated rings. The highest BCUT2D eigenvalue weighted by Gasteiger charge is 2.12. The Labute approximate surface area is 145 Å². The minimum atomic E-state index is 0. The van der Waals surface area contributed by atoms with Crippen molar-refractivity contribution in [2.75, 3.05) is 13.1 Å². The van der Waals surface area contributed by atoms with Crippen molar-refractivity contribution in [2.24, 2.45) is 10.7 Å². The van der Waals surface area contributed by atoms with Crippen LogP contribution in [0.1, 0.15) is 25.0 Å². The lowest BCUT2D eigenvalue weighted by Gasteiger charge is -2.27. The van der Waals surface area contributed by atoms with Crippen LogP contribution < -0.4 is 5.73 Å². The number of hydrogen-bond acceptors (Lipinski definition) is 4. The first-order chi connectivity index (χ1) is 9.83. The number of hydrogen-bond donors (Lipinski definition) is 1. The van der Waals surface area contributed by atoms with Crippen LogP contribution in [0.4, 0.5) is 0 Å². The van der Waals surface area contributed by atoms with Gasteiger partial charge >= 0.3 is 0 Å². The second-order valence-electron chi connectivity index (χ2n) is 4.84. The minimum Gasteiger partial charge on any atom is -0.462 e. The molecular weight excluding hydrogens is 399 g/mol. The predicted molar refractivity (Wildman–Crippen MR) is 96.0 cm³/mol. The number of nitrogens with two attached hydrogens (primary N) is 1. The van der Waals surface area contributed by atoms with Crippen LogP contribution in [0, 0.1) is 0 Å². The monoisotopic (exact) mass is 418 g/mol. The Morgan fingerprint density at radius 1 is 1.38 bits per heavy atom. The van der Waals surface area contributed by atoms with Crippen molar-refractivity contribution in [1.29, 1.82) is 0 Å². The van der Waals surface area contributed by atoms with E-state index in [0.717, 1.165) is 29.6 Å². The second-order valence-corrected chi connectivity index (χ2v) is 5.70.